The molecule has 0 unspecified atom stereocenters. The fourth-order valence-corrected chi connectivity index (χ4v) is 3.30. The molecule has 1 aliphatic rings. The summed E-state index contributed by atoms with van der Waals surface area (Å²) >= 11 is 0. The molecule has 3 heterocycles. The molecule has 0 atom stereocenters. The van der Waals surface area contributed by atoms with Crippen LogP contribution in [0.5, 0.6) is 0 Å². The third kappa shape index (κ3) is 2.89. The SMILES string of the molecule is Cc1cc(C=C2C(=O)NC(=O)NC2=O)c(C)n1-c1ccc2ncccc2c1. The van der Waals surface area contributed by atoms with Crippen molar-refractivity contribution in [2.24, 2.45) is 0 Å². The summed E-state index contributed by atoms with van der Waals surface area (Å²) in [6.45, 7) is 3.86. The van der Waals surface area contributed by atoms with Gasteiger partial charge in [0, 0.05) is 28.7 Å². The van der Waals surface area contributed by atoms with Crippen LogP contribution in [0.3, 0.4) is 0 Å². The first-order valence-electron chi connectivity index (χ1n) is 8.36. The van der Waals surface area contributed by atoms with Crippen LogP contribution in [0.25, 0.3) is 22.7 Å². The minimum Gasteiger partial charge on any atom is -0.318 e. The van der Waals surface area contributed by atoms with Crippen molar-refractivity contribution < 1.29 is 14.4 Å². The topological polar surface area (TPSA) is 93.1 Å². The normalized spacial score (nSPS) is 14.3. The molecule has 0 saturated carbocycles. The second-order valence-corrected chi connectivity index (χ2v) is 6.34. The van der Waals surface area contributed by atoms with Gasteiger partial charge in [-0.2, -0.15) is 0 Å². The van der Waals surface area contributed by atoms with Gasteiger partial charge in [-0.3, -0.25) is 25.2 Å². The molecule has 1 aliphatic heterocycles. The highest BCUT2D eigenvalue weighted by Gasteiger charge is 2.28. The van der Waals surface area contributed by atoms with Crippen LogP contribution in [0.15, 0.2) is 48.2 Å². The quantitative estimate of drug-likeness (QED) is 0.542. The van der Waals surface area contributed by atoms with Gasteiger partial charge in [-0.05, 0) is 55.8 Å². The molecule has 0 aliphatic carbocycles. The number of pyridine rings is 1. The predicted molar refractivity (Wildman–Crippen MR) is 100 cm³/mol. The third-order valence-corrected chi connectivity index (χ3v) is 4.56. The Morgan fingerprint density at radius 1 is 1.00 bits per heavy atom. The van der Waals surface area contributed by atoms with Crippen molar-refractivity contribution in [2.45, 2.75) is 13.8 Å². The number of imide groups is 2. The minimum atomic E-state index is -0.808. The lowest BCUT2D eigenvalue weighted by Gasteiger charge is -2.14. The maximum absolute atomic E-state index is 12.0. The molecule has 1 fully saturated rings. The number of hydrogen-bond donors (Lipinski definition) is 2. The van der Waals surface area contributed by atoms with E-state index in [1.807, 2.05) is 54.8 Å². The first-order chi connectivity index (χ1) is 12.9. The standard InChI is InChI=1S/C20H16N4O3/c1-11-8-14(10-16-18(25)22-20(27)23-19(16)26)12(2)24(11)15-5-6-17-13(9-15)4-3-7-21-17/h3-10H,1-2H3,(H2,22,23,25,26,27). The Balaban J connectivity index is 1.80. The van der Waals surface area contributed by atoms with Crippen LogP contribution < -0.4 is 10.6 Å². The molecule has 2 aromatic heterocycles. The van der Waals surface area contributed by atoms with Crippen LogP contribution in [-0.4, -0.2) is 27.4 Å². The van der Waals surface area contributed by atoms with E-state index in [9.17, 15) is 14.4 Å². The number of hydrogen-bond acceptors (Lipinski definition) is 4. The fraction of sp³-hybridized carbons (Fsp3) is 0.100. The van der Waals surface area contributed by atoms with Crippen molar-refractivity contribution in [1.29, 1.82) is 0 Å². The van der Waals surface area contributed by atoms with Crippen molar-refractivity contribution >= 4 is 34.8 Å². The Morgan fingerprint density at radius 2 is 1.74 bits per heavy atom. The van der Waals surface area contributed by atoms with Crippen LogP contribution in [0, 0.1) is 13.8 Å². The summed E-state index contributed by atoms with van der Waals surface area (Å²) < 4.78 is 2.04. The van der Waals surface area contributed by atoms with Gasteiger partial charge in [-0.1, -0.05) is 6.07 Å². The molecule has 134 valence electrons. The van der Waals surface area contributed by atoms with E-state index in [0.29, 0.717) is 0 Å². The Morgan fingerprint density at radius 3 is 2.48 bits per heavy atom. The number of fused-ring (bicyclic) bond motifs is 1. The average Bonchev–Trinajstić information content (AvgIpc) is 2.91. The monoisotopic (exact) mass is 360 g/mol. The van der Waals surface area contributed by atoms with E-state index < -0.39 is 17.8 Å². The summed E-state index contributed by atoms with van der Waals surface area (Å²) in [5.41, 5.74) is 4.33. The summed E-state index contributed by atoms with van der Waals surface area (Å²) in [5.74, 6) is -1.41. The third-order valence-electron chi connectivity index (χ3n) is 4.56. The number of carbonyl (C=O) groups excluding carboxylic acids is 3. The molecule has 0 radical (unpaired) electrons. The molecule has 3 aromatic rings. The lowest BCUT2D eigenvalue weighted by atomic mass is 10.1. The van der Waals surface area contributed by atoms with Crippen molar-refractivity contribution in [3.63, 3.8) is 0 Å². The van der Waals surface area contributed by atoms with Crippen LogP contribution >= 0.6 is 0 Å². The van der Waals surface area contributed by atoms with Crippen molar-refractivity contribution in [2.75, 3.05) is 0 Å². The Hall–Kier alpha value is -3.74. The van der Waals surface area contributed by atoms with Gasteiger partial charge in [-0.15, -0.1) is 0 Å². The van der Waals surface area contributed by atoms with Gasteiger partial charge in [0.15, 0.2) is 0 Å². The van der Waals surface area contributed by atoms with Gasteiger partial charge in [0.25, 0.3) is 11.8 Å². The lowest BCUT2D eigenvalue weighted by molar-refractivity contribution is -0.123. The number of aromatic nitrogens is 2. The zero-order chi connectivity index (χ0) is 19.1. The highest BCUT2D eigenvalue weighted by molar-refractivity contribution is 6.31. The smallest absolute Gasteiger partial charge is 0.318 e. The average molecular weight is 360 g/mol. The van der Waals surface area contributed by atoms with E-state index in [0.717, 1.165) is 33.5 Å². The summed E-state index contributed by atoms with van der Waals surface area (Å²) in [6, 6.07) is 10.9. The highest BCUT2D eigenvalue weighted by atomic mass is 16.2. The van der Waals surface area contributed by atoms with E-state index in [1.54, 1.807) is 6.20 Å². The maximum Gasteiger partial charge on any atom is 0.328 e. The van der Waals surface area contributed by atoms with Gasteiger partial charge in [0.2, 0.25) is 0 Å². The van der Waals surface area contributed by atoms with Gasteiger partial charge >= 0.3 is 6.03 Å². The summed E-state index contributed by atoms with van der Waals surface area (Å²) in [6.07, 6.45) is 3.25. The lowest BCUT2D eigenvalue weighted by Crippen LogP contribution is -2.51. The molecule has 4 amide bonds. The minimum absolute atomic E-state index is 0.0995. The van der Waals surface area contributed by atoms with Crippen LogP contribution in [-0.2, 0) is 9.59 Å². The first-order valence-corrected chi connectivity index (χ1v) is 8.36. The predicted octanol–water partition coefficient (Wildman–Crippen LogP) is 2.39. The molecule has 1 aromatic carbocycles. The molecule has 0 spiro atoms. The van der Waals surface area contributed by atoms with E-state index in [-0.39, 0.29) is 5.57 Å². The molecular weight excluding hydrogens is 344 g/mol. The zero-order valence-corrected chi connectivity index (χ0v) is 14.7. The Labute approximate surface area is 154 Å². The van der Waals surface area contributed by atoms with E-state index in [2.05, 4.69) is 15.6 Å². The summed E-state index contributed by atoms with van der Waals surface area (Å²) in [4.78, 5) is 39.5. The number of carbonyl (C=O) groups is 3. The second kappa shape index (κ2) is 6.21. The number of urea groups is 1. The molecule has 27 heavy (non-hydrogen) atoms. The number of nitrogens with one attached hydrogen (secondary N) is 2. The van der Waals surface area contributed by atoms with Gasteiger partial charge in [0.05, 0.1) is 5.52 Å². The van der Waals surface area contributed by atoms with Crippen molar-refractivity contribution in [1.82, 2.24) is 20.2 Å². The van der Waals surface area contributed by atoms with E-state index >= 15 is 0 Å². The van der Waals surface area contributed by atoms with Crippen LogP contribution in [0.1, 0.15) is 17.0 Å². The largest absolute Gasteiger partial charge is 0.328 e. The molecule has 7 nitrogen and oxygen atoms in total. The van der Waals surface area contributed by atoms with Crippen LogP contribution in [0.4, 0.5) is 4.79 Å². The number of benzene rings is 1. The number of amides is 4. The molecule has 1 saturated heterocycles. The highest BCUT2D eigenvalue weighted by Crippen LogP contribution is 2.25. The zero-order valence-electron chi connectivity index (χ0n) is 14.7. The number of aryl methyl sites for hydroxylation is 1. The molecule has 0 bridgehead atoms. The van der Waals surface area contributed by atoms with E-state index in [4.69, 9.17) is 0 Å². The van der Waals surface area contributed by atoms with Crippen LogP contribution in [0.2, 0.25) is 0 Å². The molecule has 2 N–H and O–H groups in total. The molecule has 4 rings (SSSR count). The van der Waals surface area contributed by atoms with Crippen molar-refractivity contribution in [3.05, 3.63) is 65.1 Å². The summed E-state index contributed by atoms with van der Waals surface area (Å²) in [7, 11) is 0. The molecule has 7 heteroatoms. The van der Waals surface area contributed by atoms with Gasteiger partial charge in [-0.25, -0.2) is 4.79 Å². The van der Waals surface area contributed by atoms with Gasteiger partial charge < -0.3 is 4.57 Å². The number of barbiturate groups is 1. The second-order valence-electron chi connectivity index (χ2n) is 6.34. The fourth-order valence-electron chi connectivity index (χ4n) is 3.30. The maximum atomic E-state index is 12.0. The van der Waals surface area contributed by atoms with E-state index in [1.165, 1.54) is 6.08 Å². The Bertz CT molecular complexity index is 1140. The first kappa shape index (κ1) is 16.7. The molecular formula is C20H16N4O3. The Kier molecular flexibility index (Phi) is 3.84. The number of nitrogens with zero attached hydrogens (tertiary/aromatic N) is 2. The number of rotatable bonds is 2. The van der Waals surface area contributed by atoms with Crippen molar-refractivity contribution in [3.8, 4) is 5.69 Å². The summed E-state index contributed by atoms with van der Waals surface area (Å²) in [5, 5.41) is 5.18. The van der Waals surface area contributed by atoms with Gasteiger partial charge in [0.1, 0.15) is 5.57 Å².